The van der Waals surface area contributed by atoms with Crippen LogP contribution in [0.25, 0.3) is 160 Å². The number of para-hydroxylation sites is 3. The number of thioether (sulfide) groups is 1. The van der Waals surface area contributed by atoms with E-state index in [1.807, 2.05) is 42.8 Å². The third kappa shape index (κ3) is 19.3. The van der Waals surface area contributed by atoms with Crippen molar-refractivity contribution >= 4 is 163 Å². The van der Waals surface area contributed by atoms with Crippen LogP contribution >= 0.6 is 18.9 Å². The summed E-state index contributed by atoms with van der Waals surface area (Å²) in [7, 11) is -0.224. The Hall–Kier alpha value is -13.2. The lowest BCUT2D eigenvalue weighted by atomic mass is 9.97. The number of methoxy groups -OCH3 is 1. The fourth-order valence-corrected chi connectivity index (χ4v) is 20.1. The largest absolute Gasteiger partial charge is 0.456 e. The second-order valence-corrected chi connectivity index (χ2v) is 42.2. The van der Waals surface area contributed by atoms with Gasteiger partial charge in [-0.3, -0.25) is 4.57 Å². The second-order valence-electron chi connectivity index (χ2n) is 33.8. The van der Waals surface area contributed by atoms with Gasteiger partial charge in [-0.25, -0.2) is 0 Å². The molecule has 0 fully saturated rings. The first kappa shape index (κ1) is 88.7. The minimum atomic E-state index is -2.02. The fraction of sp³-hybridized carbons (Fsp3) is 0.155. The van der Waals surface area contributed by atoms with Gasteiger partial charge in [0.15, 0.2) is 0 Å². The molecule has 0 atom stereocenters. The monoisotopic (exact) mass is 1720 g/mol. The van der Waals surface area contributed by atoms with Crippen molar-refractivity contribution in [3.05, 3.63) is 397 Å². The average Bonchev–Trinajstić information content (AvgIpc) is 1.56. The van der Waals surface area contributed by atoms with Crippen LogP contribution < -0.4 is 15.7 Å². The third-order valence-corrected chi connectivity index (χ3v) is 28.4. The predicted octanol–water partition coefficient (Wildman–Crippen LogP) is 31.6. The van der Waals surface area contributed by atoms with Gasteiger partial charge in [-0.2, -0.15) is 11.8 Å². The van der Waals surface area contributed by atoms with E-state index in [4.69, 9.17) is 13.3 Å². The maximum Gasteiger partial charge on any atom is 0.213 e. The molecule has 0 saturated heterocycles. The van der Waals surface area contributed by atoms with Gasteiger partial charge in [0.25, 0.3) is 0 Å². The molecule has 0 radical (unpaired) electrons. The zero-order valence-electron chi connectivity index (χ0n) is 75.8. The van der Waals surface area contributed by atoms with E-state index in [-0.39, 0.29) is 0 Å². The molecule has 0 aliphatic carbocycles. The van der Waals surface area contributed by atoms with E-state index in [0.29, 0.717) is 0 Å². The molecule has 0 amide bonds. The first-order valence-corrected chi connectivity index (χ1v) is 50.9. The molecule has 0 bridgehead atoms. The number of furan rings is 3. The van der Waals surface area contributed by atoms with E-state index in [9.17, 15) is 4.57 Å². The Balaban J connectivity index is 0.000000125. The number of unbranched alkanes of at least 4 members (excludes halogenated alkanes) is 1. The molecule has 127 heavy (non-hydrogen) atoms. The van der Waals surface area contributed by atoms with Crippen LogP contribution in [0.2, 0.25) is 13.1 Å². The fourth-order valence-electron chi connectivity index (χ4n) is 16.8. The van der Waals surface area contributed by atoms with E-state index in [1.54, 1.807) is 39.3 Å². The molecule has 6 aromatic heterocycles. The molecule has 6 heterocycles. The van der Waals surface area contributed by atoms with Crippen molar-refractivity contribution in [3.8, 4) is 39.3 Å². The van der Waals surface area contributed by atoms with E-state index in [0.717, 1.165) is 61.0 Å². The molecule has 0 aliphatic rings. The van der Waals surface area contributed by atoms with Crippen molar-refractivity contribution in [2.45, 2.75) is 81.3 Å². The average molecular weight is 1720 g/mol. The highest BCUT2D eigenvalue weighted by Crippen LogP contribution is 2.44. The highest BCUT2D eigenvalue weighted by Gasteiger charge is 2.26. The highest BCUT2D eigenvalue weighted by atomic mass is 32.2. The Kier molecular flexibility index (Phi) is 27.6. The van der Waals surface area contributed by atoms with Crippen molar-refractivity contribution < 1.29 is 22.6 Å². The molecule has 0 saturated carbocycles. The molecular weight excluding hydrogens is 1610 g/mol. The van der Waals surface area contributed by atoms with Crippen LogP contribution in [0.3, 0.4) is 0 Å². The van der Waals surface area contributed by atoms with Crippen LogP contribution in [0.1, 0.15) is 60.1 Å². The third-order valence-electron chi connectivity index (χ3n) is 23.3. The summed E-state index contributed by atoms with van der Waals surface area (Å²) in [6, 6.07) is 129. The van der Waals surface area contributed by atoms with Gasteiger partial charge in [-0.1, -0.05) is 297 Å². The summed E-state index contributed by atoms with van der Waals surface area (Å²) in [4.78, 5) is 0. The standard InChI is InChI=1S/C32H24N2.C32H22O2.C22H17NO.C14H16Si.C8H11OP.C4H10.C2H6O.C2H6S/c1-21-9-8-12-24(17-21)34-29-14-7-6-13-25(29)27-19-28-26-18-22(2)15-16-30(26)33(32(28)20-31(27)34)23-10-4-3-5-11-23;1-19-6-11-29-26(14-19)25-10-8-24(18-32(25)34-29)22-5-3-4-21(16-22)23-9-13-31-28(17-23)27-15-20(2)7-12-30(27)33-31;1-14-6-5-7-16(12-14)23-19-9-4-3-8-17(19)21-18-13-15(2)10-11-20(18)24-22(21)23;1-15(2,13-9-5-3-6-10-13)14-11-7-4-8-12-14;1-10(2,9)8-6-4-3-5-7-8;1-3-4-2;2*1-3-2/h3-20H,1-2H3;3-18H,1-2H3;3-13H,1-2H3;3-12H,1-2H3;3-7H,1-2H3;3-4H2,1-2H3;2*1-2H3. The van der Waals surface area contributed by atoms with Gasteiger partial charge in [0.1, 0.15) is 43.1 Å². The summed E-state index contributed by atoms with van der Waals surface area (Å²) in [5, 5.41) is 17.4. The van der Waals surface area contributed by atoms with E-state index in [2.05, 4.69) is 421 Å². The molecule has 22 rings (SSSR count). The Morgan fingerprint density at radius 2 is 0.669 bits per heavy atom. The quantitative estimate of drug-likeness (QED) is 0.106. The highest BCUT2D eigenvalue weighted by molar-refractivity contribution is 7.97. The van der Waals surface area contributed by atoms with Crippen molar-refractivity contribution in [2.24, 2.45) is 0 Å². The molecule has 0 unspecified atom stereocenters. The Morgan fingerprint density at radius 1 is 0.299 bits per heavy atom. The number of aromatic nitrogens is 3. The minimum Gasteiger partial charge on any atom is -0.456 e. The molecule has 0 aliphatic heterocycles. The topological polar surface area (TPSA) is 80.5 Å². The number of fused-ring (bicyclic) bond motifs is 17. The molecule has 636 valence electrons. The number of hydrogen-bond donors (Lipinski definition) is 0. The zero-order chi connectivity index (χ0) is 89.0. The van der Waals surface area contributed by atoms with Crippen molar-refractivity contribution in [1.82, 2.24) is 13.7 Å². The molecule has 16 aromatic carbocycles. The van der Waals surface area contributed by atoms with Crippen molar-refractivity contribution in [2.75, 3.05) is 40.1 Å². The lowest BCUT2D eigenvalue weighted by Crippen LogP contribution is -2.52. The number of nitrogens with zero attached hydrogens (tertiary/aromatic N) is 3. The summed E-state index contributed by atoms with van der Waals surface area (Å²) in [6.07, 6.45) is 6.72. The van der Waals surface area contributed by atoms with Crippen LogP contribution in [0, 0.1) is 41.5 Å². The van der Waals surface area contributed by atoms with E-state index in [1.165, 1.54) is 161 Å². The summed E-state index contributed by atoms with van der Waals surface area (Å²) < 4.78 is 41.2. The van der Waals surface area contributed by atoms with Gasteiger partial charge in [0.2, 0.25) is 5.71 Å². The van der Waals surface area contributed by atoms with Crippen LogP contribution in [-0.4, -0.2) is 61.8 Å². The molecule has 8 nitrogen and oxygen atoms in total. The number of rotatable bonds is 9. The lowest BCUT2D eigenvalue weighted by molar-refractivity contribution is 0.277. The first-order valence-electron chi connectivity index (χ1n) is 43.7. The molecule has 0 spiro atoms. The summed E-state index contributed by atoms with van der Waals surface area (Å²) in [5.74, 6) is 0. The second kappa shape index (κ2) is 39.6. The predicted molar refractivity (Wildman–Crippen MR) is 554 cm³/mol. The maximum absolute atomic E-state index is 11.4. The first-order chi connectivity index (χ1) is 61.6. The van der Waals surface area contributed by atoms with Crippen molar-refractivity contribution in [3.63, 3.8) is 0 Å². The summed E-state index contributed by atoms with van der Waals surface area (Å²) >= 11 is 1.75. The molecular formula is C116H112N3O5PSSi. The Morgan fingerprint density at radius 3 is 1.20 bits per heavy atom. The van der Waals surface area contributed by atoms with Gasteiger partial charge >= 0.3 is 0 Å². The van der Waals surface area contributed by atoms with E-state index < -0.39 is 15.2 Å². The number of benzene rings is 16. The SMILES string of the molecule is CCCC.COC.CP(C)(=O)c1ccccc1.CSC.C[Si](C)(c1ccccc1)c1ccccc1.Cc1ccc2oc3cc(-c4cccc(-c5ccc6oc7ccc(C)cc7c6c5)c4)ccc3c2c1.Cc1cccc(-n2c3ccccc3c3c4cc(C)ccc4oc32)c1.Cc1cccc(-n2c3ccccc3c3cc4c5cc(C)ccc5n(-c5ccccc5)c4cc32)c1. The molecule has 22 aromatic rings. The minimum absolute atomic E-state index is 0.919. The number of aryl methyl sites for hydroxylation is 6. The van der Waals surface area contributed by atoms with E-state index >= 15 is 0 Å². The van der Waals surface area contributed by atoms with Crippen molar-refractivity contribution in [1.29, 1.82) is 0 Å². The zero-order valence-corrected chi connectivity index (χ0v) is 78.5. The number of ether oxygens (including phenoxy) is 1. The number of hydrogen-bond acceptors (Lipinski definition) is 6. The normalized spacial score (nSPS) is 11.3. The smallest absolute Gasteiger partial charge is 0.213 e. The van der Waals surface area contributed by atoms with Crippen LogP contribution in [0.5, 0.6) is 0 Å². The van der Waals surface area contributed by atoms with Crippen LogP contribution in [-0.2, 0) is 9.30 Å². The maximum atomic E-state index is 11.4. The summed E-state index contributed by atoms with van der Waals surface area (Å²) in [5.41, 5.74) is 27.4. The van der Waals surface area contributed by atoms with Gasteiger partial charge in [-0.05, 0) is 240 Å². The molecule has 0 N–H and O–H groups in total. The molecule has 11 heteroatoms. The Bertz CT molecular complexity index is 7590. The van der Waals surface area contributed by atoms with Gasteiger partial charge in [0.05, 0.1) is 33.0 Å². The Labute approximate surface area is 752 Å². The van der Waals surface area contributed by atoms with Gasteiger partial charge in [0, 0.05) is 90.4 Å². The lowest BCUT2D eigenvalue weighted by Gasteiger charge is -2.23. The van der Waals surface area contributed by atoms with Crippen LogP contribution in [0.4, 0.5) is 0 Å². The van der Waals surface area contributed by atoms with Gasteiger partial charge < -0.3 is 31.7 Å². The van der Waals surface area contributed by atoms with Crippen LogP contribution in [0.15, 0.2) is 377 Å². The summed E-state index contributed by atoms with van der Waals surface area (Å²) in [6.45, 7) is 25.5. The van der Waals surface area contributed by atoms with Gasteiger partial charge in [-0.15, -0.1) is 0 Å².